The molecule has 0 aromatic heterocycles. The Bertz CT molecular complexity index is 250. The summed E-state index contributed by atoms with van der Waals surface area (Å²) in [5.41, 5.74) is 6.01. The van der Waals surface area contributed by atoms with Crippen LogP contribution in [0, 0.1) is 5.92 Å². The van der Waals surface area contributed by atoms with Gasteiger partial charge in [-0.15, -0.1) is 0 Å². The molecule has 0 amide bonds. The standard InChI is InChI=1S/C15H31N3O/c1-3-4-5-6-7-8-14(2)13-17-15(16)18-9-11-19-12-10-18/h14H,3-13H2,1-2H3,(H2,16,17). The summed E-state index contributed by atoms with van der Waals surface area (Å²) in [6, 6.07) is 0. The minimum absolute atomic E-state index is 0.640. The van der Waals surface area contributed by atoms with Gasteiger partial charge in [0.15, 0.2) is 5.96 Å². The van der Waals surface area contributed by atoms with Crippen molar-refractivity contribution < 1.29 is 4.74 Å². The van der Waals surface area contributed by atoms with Crippen molar-refractivity contribution in [2.75, 3.05) is 32.8 Å². The fourth-order valence-electron chi connectivity index (χ4n) is 2.33. The molecular formula is C15H31N3O. The Morgan fingerprint density at radius 2 is 1.89 bits per heavy atom. The highest BCUT2D eigenvalue weighted by atomic mass is 16.5. The second kappa shape index (κ2) is 10.1. The van der Waals surface area contributed by atoms with Gasteiger partial charge < -0.3 is 15.4 Å². The lowest BCUT2D eigenvalue weighted by atomic mass is 10.0. The lowest BCUT2D eigenvalue weighted by Crippen LogP contribution is -2.45. The number of hydrogen-bond acceptors (Lipinski definition) is 2. The molecule has 0 aromatic rings. The number of ether oxygens (including phenoxy) is 1. The van der Waals surface area contributed by atoms with E-state index in [9.17, 15) is 0 Å². The smallest absolute Gasteiger partial charge is 0.191 e. The van der Waals surface area contributed by atoms with Gasteiger partial charge in [-0.1, -0.05) is 46.0 Å². The summed E-state index contributed by atoms with van der Waals surface area (Å²) in [5.74, 6) is 1.34. The maximum Gasteiger partial charge on any atom is 0.191 e. The molecule has 1 aliphatic heterocycles. The van der Waals surface area contributed by atoms with E-state index in [-0.39, 0.29) is 0 Å². The second-order valence-electron chi connectivity index (χ2n) is 5.61. The maximum absolute atomic E-state index is 6.01. The zero-order valence-corrected chi connectivity index (χ0v) is 12.7. The maximum atomic E-state index is 6.01. The Labute approximate surface area is 118 Å². The van der Waals surface area contributed by atoms with Crippen LogP contribution < -0.4 is 5.73 Å². The van der Waals surface area contributed by atoms with Gasteiger partial charge in [0, 0.05) is 19.6 Å². The van der Waals surface area contributed by atoms with Crippen molar-refractivity contribution in [3.63, 3.8) is 0 Å². The second-order valence-corrected chi connectivity index (χ2v) is 5.61. The number of morpholine rings is 1. The van der Waals surface area contributed by atoms with E-state index in [0.717, 1.165) is 32.8 Å². The zero-order chi connectivity index (χ0) is 13.9. The first-order valence-corrected chi connectivity index (χ1v) is 7.86. The molecule has 19 heavy (non-hydrogen) atoms. The summed E-state index contributed by atoms with van der Waals surface area (Å²) < 4.78 is 5.31. The van der Waals surface area contributed by atoms with Gasteiger partial charge in [-0.05, 0) is 12.3 Å². The summed E-state index contributed by atoms with van der Waals surface area (Å²) in [7, 11) is 0. The average Bonchev–Trinajstić information content (AvgIpc) is 2.45. The number of aliphatic imine (C=N–C) groups is 1. The first-order chi connectivity index (χ1) is 9.24. The fraction of sp³-hybridized carbons (Fsp3) is 0.933. The Morgan fingerprint density at radius 1 is 1.21 bits per heavy atom. The molecule has 1 heterocycles. The molecule has 1 rings (SSSR count). The molecule has 0 aliphatic carbocycles. The molecule has 0 bridgehead atoms. The van der Waals surface area contributed by atoms with E-state index in [1.165, 1.54) is 38.5 Å². The molecule has 2 N–H and O–H groups in total. The highest BCUT2D eigenvalue weighted by molar-refractivity contribution is 5.78. The molecule has 4 heteroatoms. The third kappa shape index (κ3) is 7.41. The molecule has 1 saturated heterocycles. The van der Waals surface area contributed by atoms with Crippen LogP contribution in [0.2, 0.25) is 0 Å². The Morgan fingerprint density at radius 3 is 2.58 bits per heavy atom. The van der Waals surface area contributed by atoms with Gasteiger partial charge in [0.05, 0.1) is 13.2 Å². The van der Waals surface area contributed by atoms with E-state index in [1.807, 2.05) is 0 Å². The molecule has 1 atom stereocenters. The van der Waals surface area contributed by atoms with Crippen LogP contribution in [0.25, 0.3) is 0 Å². The Balaban J connectivity index is 2.11. The third-order valence-corrected chi connectivity index (χ3v) is 3.70. The summed E-state index contributed by atoms with van der Waals surface area (Å²) in [6.45, 7) is 8.67. The van der Waals surface area contributed by atoms with E-state index in [2.05, 4.69) is 23.7 Å². The topological polar surface area (TPSA) is 50.8 Å². The lowest BCUT2D eigenvalue weighted by molar-refractivity contribution is 0.0674. The Kier molecular flexibility index (Phi) is 8.63. The van der Waals surface area contributed by atoms with Crippen molar-refractivity contribution in [3.05, 3.63) is 0 Å². The SMILES string of the molecule is CCCCCCCC(C)CN=C(N)N1CCOCC1. The van der Waals surface area contributed by atoms with Crippen molar-refractivity contribution in [1.29, 1.82) is 0 Å². The molecular weight excluding hydrogens is 238 g/mol. The quantitative estimate of drug-likeness (QED) is 0.419. The van der Waals surface area contributed by atoms with Gasteiger partial charge in [0.1, 0.15) is 0 Å². The van der Waals surface area contributed by atoms with Gasteiger partial charge >= 0.3 is 0 Å². The van der Waals surface area contributed by atoms with Crippen LogP contribution in [0.15, 0.2) is 4.99 Å². The molecule has 1 aliphatic rings. The highest BCUT2D eigenvalue weighted by Gasteiger charge is 2.12. The molecule has 0 spiro atoms. The Hall–Kier alpha value is -0.770. The largest absolute Gasteiger partial charge is 0.378 e. The summed E-state index contributed by atoms with van der Waals surface area (Å²) in [4.78, 5) is 6.65. The molecule has 112 valence electrons. The number of hydrogen-bond donors (Lipinski definition) is 1. The molecule has 0 radical (unpaired) electrons. The molecule has 1 unspecified atom stereocenters. The predicted octanol–water partition coefficient (Wildman–Crippen LogP) is 2.63. The van der Waals surface area contributed by atoms with Gasteiger partial charge in [0.25, 0.3) is 0 Å². The van der Waals surface area contributed by atoms with E-state index in [1.54, 1.807) is 0 Å². The normalized spacial score (nSPS) is 18.6. The van der Waals surface area contributed by atoms with E-state index < -0.39 is 0 Å². The van der Waals surface area contributed by atoms with Crippen molar-refractivity contribution in [3.8, 4) is 0 Å². The summed E-state index contributed by atoms with van der Waals surface area (Å²) in [5, 5.41) is 0. The van der Waals surface area contributed by atoms with Gasteiger partial charge in [-0.25, -0.2) is 0 Å². The minimum Gasteiger partial charge on any atom is -0.378 e. The summed E-state index contributed by atoms with van der Waals surface area (Å²) >= 11 is 0. The predicted molar refractivity (Wildman–Crippen MR) is 81.4 cm³/mol. The number of rotatable bonds is 8. The third-order valence-electron chi connectivity index (χ3n) is 3.70. The van der Waals surface area contributed by atoms with Crippen molar-refractivity contribution >= 4 is 5.96 Å². The van der Waals surface area contributed by atoms with E-state index >= 15 is 0 Å². The monoisotopic (exact) mass is 269 g/mol. The van der Waals surface area contributed by atoms with Gasteiger partial charge in [-0.3, -0.25) is 4.99 Å². The zero-order valence-electron chi connectivity index (χ0n) is 12.7. The van der Waals surface area contributed by atoms with E-state index in [4.69, 9.17) is 10.5 Å². The van der Waals surface area contributed by atoms with Crippen LogP contribution in [0.5, 0.6) is 0 Å². The average molecular weight is 269 g/mol. The van der Waals surface area contributed by atoms with Crippen molar-refractivity contribution in [2.45, 2.75) is 52.4 Å². The summed E-state index contributed by atoms with van der Waals surface area (Å²) in [6.07, 6.45) is 8.02. The minimum atomic E-state index is 0.640. The van der Waals surface area contributed by atoms with Crippen LogP contribution >= 0.6 is 0 Å². The van der Waals surface area contributed by atoms with Gasteiger partial charge in [0.2, 0.25) is 0 Å². The lowest BCUT2D eigenvalue weighted by Gasteiger charge is -2.27. The number of guanidine groups is 1. The van der Waals surface area contributed by atoms with Crippen LogP contribution in [-0.2, 0) is 4.74 Å². The van der Waals surface area contributed by atoms with Crippen LogP contribution in [-0.4, -0.2) is 43.7 Å². The van der Waals surface area contributed by atoms with Crippen molar-refractivity contribution in [2.24, 2.45) is 16.6 Å². The number of nitrogens with two attached hydrogens (primary N) is 1. The molecule has 0 saturated carbocycles. The van der Waals surface area contributed by atoms with Gasteiger partial charge in [-0.2, -0.15) is 0 Å². The highest BCUT2D eigenvalue weighted by Crippen LogP contribution is 2.11. The molecule has 4 nitrogen and oxygen atoms in total. The van der Waals surface area contributed by atoms with E-state index in [0.29, 0.717) is 11.9 Å². The van der Waals surface area contributed by atoms with Crippen LogP contribution in [0.4, 0.5) is 0 Å². The molecule has 1 fully saturated rings. The number of nitrogens with zero attached hydrogens (tertiary/aromatic N) is 2. The first-order valence-electron chi connectivity index (χ1n) is 7.86. The van der Waals surface area contributed by atoms with Crippen molar-refractivity contribution in [1.82, 2.24) is 4.90 Å². The van der Waals surface area contributed by atoms with Crippen LogP contribution in [0.3, 0.4) is 0 Å². The molecule has 0 aromatic carbocycles. The number of unbranched alkanes of at least 4 members (excludes halogenated alkanes) is 4. The van der Waals surface area contributed by atoms with Crippen LogP contribution in [0.1, 0.15) is 52.4 Å². The fourth-order valence-corrected chi connectivity index (χ4v) is 2.33. The first kappa shape index (κ1) is 16.3.